The number of Topliss-reactive ketones (excluding diaryl/α,β-unsaturated/α-hetero) is 1. The van der Waals surface area contributed by atoms with Crippen molar-refractivity contribution in [1.82, 2.24) is 31.1 Å². The minimum atomic E-state index is -1.02. The van der Waals surface area contributed by atoms with Gasteiger partial charge in [-0.3, -0.25) is 19.2 Å². The minimum absolute atomic E-state index is 0.123. The molecule has 45 heavy (non-hydrogen) atoms. The zero-order chi connectivity index (χ0) is 33.5. The van der Waals surface area contributed by atoms with Gasteiger partial charge in [-0.25, -0.2) is 9.59 Å². The molecule has 13 nitrogen and oxygen atoms in total. The third-order valence-electron chi connectivity index (χ3n) is 8.24. The van der Waals surface area contributed by atoms with Gasteiger partial charge in [-0.1, -0.05) is 72.6 Å². The molecule has 2 heterocycles. The number of cyclic esters (lactones) is 1. The highest BCUT2D eigenvalue weighted by Crippen LogP contribution is 2.34. The molecule has 0 radical (unpaired) electrons. The van der Waals surface area contributed by atoms with Gasteiger partial charge >= 0.3 is 12.1 Å². The third-order valence-corrected chi connectivity index (χ3v) is 8.24. The van der Waals surface area contributed by atoms with E-state index in [9.17, 15) is 28.8 Å². The van der Waals surface area contributed by atoms with Crippen LogP contribution in [0.5, 0.6) is 0 Å². The van der Waals surface area contributed by atoms with Gasteiger partial charge in [0.1, 0.15) is 12.1 Å². The number of nitrogens with one attached hydrogen (secondary N) is 4. The van der Waals surface area contributed by atoms with Gasteiger partial charge < -0.3 is 35.8 Å². The SMILES string of the molecule is C=CCNC(=O)C(=O)C(CC1CC1)NC(=O)[C@@H]1C=CCN1C(=O)[C@@H](NC(=O)N[C@H](CN1CCCOC1=O)C(C)(C)C)C(C)(C)C. The number of rotatable bonds is 13. The van der Waals surface area contributed by atoms with Crippen molar-refractivity contribution in [3.63, 3.8) is 0 Å². The van der Waals surface area contributed by atoms with Gasteiger partial charge in [0.2, 0.25) is 17.6 Å². The van der Waals surface area contributed by atoms with E-state index in [0.717, 1.165) is 12.8 Å². The van der Waals surface area contributed by atoms with E-state index in [1.807, 2.05) is 41.5 Å². The second-order valence-corrected chi connectivity index (χ2v) is 14.2. The lowest BCUT2D eigenvalue weighted by molar-refractivity contribution is -0.143. The number of hydrogen-bond acceptors (Lipinski definition) is 7. The van der Waals surface area contributed by atoms with Crippen molar-refractivity contribution in [2.24, 2.45) is 16.7 Å². The maximum absolute atomic E-state index is 14.0. The molecule has 1 aliphatic carbocycles. The number of urea groups is 1. The summed E-state index contributed by atoms with van der Waals surface area (Å²) >= 11 is 0. The quantitative estimate of drug-likeness (QED) is 0.178. The van der Waals surface area contributed by atoms with Crippen molar-refractivity contribution in [3.05, 3.63) is 24.8 Å². The number of carbonyl (C=O) groups is 6. The third kappa shape index (κ3) is 10.1. The van der Waals surface area contributed by atoms with Gasteiger partial charge in [-0.2, -0.15) is 0 Å². The normalized spacial score (nSPS) is 20.4. The van der Waals surface area contributed by atoms with Crippen LogP contribution in [-0.4, -0.2) is 102 Å². The molecule has 2 fully saturated rings. The van der Waals surface area contributed by atoms with E-state index in [4.69, 9.17) is 4.74 Å². The molecule has 0 aromatic rings. The van der Waals surface area contributed by atoms with Gasteiger partial charge in [0.15, 0.2) is 0 Å². The molecule has 3 rings (SSSR count). The molecule has 250 valence electrons. The van der Waals surface area contributed by atoms with Crippen LogP contribution in [0.15, 0.2) is 24.8 Å². The van der Waals surface area contributed by atoms with E-state index in [1.165, 1.54) is 11.0 Å². The number of ether oxygens (including phenoxy) is 1. The predicted molar refractivity (Wildman–Crippen MR) is 168 cm³/mol. The lowest BCUT2D eigenvalue weighted by atomic mass is 9.85. The summed E-state index contributed by atoms with van der Waals surface area (Å²) < 4.78 is 5.15. The summed E-state index contributed by atoms with van der Waals surface area (Å²) in [6.07, 6.45) is 7.17. The zero-order valence-electron chi connectivity index (χ0n) is 27.4. The monoisotopic (exact) mass is 630 g/mol. The van der Waals surface area contributed by atoms with Crippen molar-refractivity contribution >= 4 is 35.6 Å². The first kappa shape index (κ1) is 35.6. The Morgan fingerprint density at radius 3 is 2.31 bits per heavy atom. The van der Waals surface area contributed by atoms with Crippen LogP contribution in [0.25, 0.3) is 0 Å². The van der Waals surface area contributed by atoms with Crippen LogP contribution in [0.1, 0.15) is 67.2 Å². The smallest absolute Gasteiger partial charge is 0.409 e. The van der Waals surface area contributed by atoms with E-state index in [2.05, 4.69) is 27.8 Å². The van der Waals surface area contributed by atoms with E-state index in [-0.39, 0.29) is 25.6 Å². The van der Waals surface area contributed by atoms with E-state index in [1.54, 1.807) is 17.1 Å². The van der Waals surface area contributed by atoms with Crippen LogP contribution in [0.4, 0.5) is 9.59 Å². The highest BCUT2D eigenvalue weighted by atomic mass is 16.6. The molecule has 1 unspecified atom stereocenters. The van der Waals surface area contributed by atoms with Gasteiger partial charge in [-0.05, 0) is 29.6 Å². The highest BCUT2D eigenvalue weighted by Gasteiger charge is 2.42. The summed E-state index contributed by atoms with van der Waals surface area (Å²) in [4.78, 5) is 81.3. The Kier molecular flexibility index (Phi) is 11.8. The number of amides is 6. The molecule has 1 saturated heterocycles. The maximum Gasteiger partial charge on any atom is 0.409 e. The Morgan fingerprint density at radius 2 is 1.73 bits per heavy atom. The summed E-state index contributed by atoms with van der Waals surface area (Å²) in [6.45, 7) is 16.2. The van der Waals surface area contributed by atoms with Crippen molar-refractivity contribution < 1.29 is 33.5 Å². The van der Waals surface area contributed by atoms with Crippen LogP contribution in [0.3, 0.4) is 0 Å². The van der Waals surface area contributed by atoms with Crippen LogP contribution in [0.2, 0.25) is 0 Å². The van der Waals surface area contributed by atoms with Crippen LogP contribution in [0, 0.1) is 16.7 Å². The summed E-state index contributed by atoms with van der Waals surface area (Å²) in [5, 5.41) is 10.9. The molecule has 2 aliphatic heterocycles. The summed E-state index contributed by atoms with van der Waals surface area (Å²) in [6, 6.07) is -4.08. The number of ketones is 1. The Morgan fingerprint density at radius 1 is 1.04 bits per heavy atom. The van der Waals surface area contributed by atoms with Gasteiger partial charge in [0.05, 0.1) is 18.7 Å². The standard InChI is InChI=1S/C32H50N6O7/c1-8-14-33-27(41)24(39)21(18-20-12-13-20)34-26(40)22-11-9-16-38(22)28(42)25(32(5,6)7)36-29(43)35-23(31(2,3)4)19-37-15-10-17-45-30(37)44/h8-9,11,20-23,25H,1,10,12-19H2,2-7H3,(H,33,41)(H,34,40)(H2,35,36,43)/t21?,22-,23+,25+/m0/s1. The number of carbonyl (C=O) groups excluding carboxylic acids is 6. The second-order valence-electron chi connectivity index (χ2n) is 14.2. The average molecular weight is 631 g/mol. The van der Waals surface area contributed by atoms with Crippen LogP contribution in [-0.2, 0) is 23.9 Å². The molecule has 0 spiro atoms. The predicted octanol–water partition coefficient (Wildman–Crippen LogP) is 1.88. The topological polar surface area (TPSA) is 166 Å². The Labute approximate surface area is 265 Å². The number of nitrogens with zero attached hydrogens (tertiary/aromatic N) is 2. The molecule has 3 aliphatic rings. The molecule has 0 bridgehead atoms. The fraction of sp³-hybridized carbons (Fsp3) is 0.688. The molecule has 0 aromatic heterocycles. The van der Waals surface area contributed by atoms with Crippen molar-refractivity contribution in [3.8, 4) is 0 Å². The second kappa shape index (κ2) is 14.9. The molecule has 4 N–H and O–H groups in total. The first-order valence-electron chi connectivity index (χ1n) is 15.7. The summed E-state index contributed by atoms with van der Waals surface area (Å²) in [5.41, 5.74) is -1.16. The lowest BCUT2D eigenvalue weighted by Crippen LogP contribution is -2.62. The highest BCUT2D eigenvalue weighted by molar-refractivity contribution is 6.38. The molecule has 1 saturated carbocycles. The summed E-state index contributed by atoms with van der Waals surface area (Å²) in [7, 11) is 0. The minimum Gasteiger partial charge on any atom is -0.449 e. The first-order valence-corrected chi connectivity index (χ1v) is 15.7. The molecular weight excluding hydrogens is 580 g/mol. The number of hydrogen-bond donors (Lipinski definition) is 4. The van der Waals surface area contributed by atoms with E-state index in [0.29, 0.717) is 26.0 Å². The molecule has 4 atom stereocenters. The average Bonchev–Trinajstić information content (AvgIpc) is 3.64. The van der Waals surface area contributed by atoms with E-state index < -0.39 is 70.6 Å². The molecule has 13 heteroatoms. The van der Waals surface area contributed by atoms with Crippen LogP contribution >= 0.6 is 0 Å². The van der Waals surface area contributed by atoms with Crippen molar-refractivity contribution in [1.29, 1.82) is 0 Å². The molecular formula is C32H50N6O7. The van der Waals surface area contributed by atoms with Crippen LogP contribution < -0.4 is 21.3 Å². The fourth-order valence-electron chi connectivity index (χ4n) is 5.23. The largest absolute Gasteiger partial charge is 0.449 e. The van der Waals surface area contributed by atoms with Gasteiger partial charge in [-0.15, -0.1) is 6.58 Å². The molecule has 6 amide bonds. The zero-order valence-corrected chi connectivity index (χ0v) is 27.4. The Balaban J connectivity index is 1.71. The van der Waals surface area contributed by atoms with Gasteiger partial charge in [0.25, 0.3) is 5.91 Å². The first-order chi connectivity index (χ1) is 21.0. The lowest BCUT2D eigenvalue weighted by Gasteiger charge is -2.38. The molecule has 0 aromatic carbocycles. The fourth-order valence-corrected chi connectivity index (χ4v) is 5.23. The van der Waals surface area contributed by atoms with Gasteiger partial charge in [0, 0.05) is 26.2 Å². The maximum atomic E-state index is 14.0. The summed E-state index contributed by atoms with van der Waals surface area (Å²) in [5.74, 6) is -2.35. The van der Waals surface area contributed by atoms with Crippen molar-refractivity contribution in [2.75, 3.05) is 32.8 Å². The Hall–Kier alpha value is -3.90. The van der Waals surface area contributed by atoms with Crippen molar-refractivity contribution in [2.45, 2.75) is 91.4 Å². The van der Waals surface area contributed by atoms with E-state index >= 15 is 0 Å². The Bertz CT molecular complexity index is 1180.